The maximum atomic E-state index is 11.8. The lowest BCUT2D eigenvalue weighted by Crippen LogP contribution is -2.22. The van der Waals surface area contributed by atoms with Crippen LogP contribution in [0.15, 0.2) is 48.5 Å². The van der Waals surface area contributed by atoms with Crippen LogP contribution in [-0.4, -0.2) is 12.5 Å². The number of nitrogen functional groups attached to an aromatic ring is 1. The molecule has 0 radical (unpaired) electrons. The Kier molecular flexibility index (Phi) is 4.60. The summed E-state index contributed by atoms with van der Waals surface area (Å²) in [4.78, 5) is 11.8. The van der Waals surface area contributed by atoms with E-state index in [4.69, 9.17) is 10.5 Å². The average molecular weight is 270 g/mol. The molecule has 2 rings (SSSR count). The van der Waals surface area contributed by atoms with Gasteiger partial charge in [0, 0.05) is 12.1 Å². The molecule has 0 aliphatic carbocycles. The lowest BCUT2D eigenvalue weighted by Gasteiger charge is -2.11. The minimum absolute atomic E-state index is 0.128. The number of rotatable bonds is 5. The van der Waals surface area contributed by atoms with Crippen LogP contribution in [0.25, 0.3) is 0 Å². The van der Waals surface area contributed by atoms with Crippen LogP contribution in [0.2, 0.25) is 0 Å². The van der Waals surface area contributed by atoms with Crippen LogP contribution in [0.1, 0.15) is 22.8 Å². The monoisotopic (exact) mass is 270 g/mol. The lowest BCUT2D eigenvalue weighted by atomic mass is 10.1. The number of anilines is 1. The Morgan fingerprint density at radius 1 is 1.20 bits per heavy atom. The Morgan fingerprint density at radius 3 is 2.65 bits per heavy atom. The molecule has 3 N–H and O–H groups in total. The van der Waals surface area contributed by atoms with E-state index >= 15 is 0 Å². The predicted molar refractivity (Wildman–Crippen MR) is 79.6 cm³/mol. The number of benzene rings is 2. The molecule has 2 aromatic carbocycles. The van der Waals surface area contributed by atoms with Crippen LogP contribution in [0.4, 0.5) is 5.69 Å². The molecule has 4 nitrogen and oxygen atoms in total. The summed E-state index contributed by atoms with van der Waals surface area (Å²) in [6, 6.07) is 14.9. The fourth-order valence-electron chi connectivity index (χ4n) is 1.80. The number of ether oxygens (including phenoxy) is 1. The first kappa shape index (κ1) is 13.9. The van der Waals surface area contributed by atoms with Gasteiger partial charge in [0.15, 0.2) is 0 Å². The number of carbonyl (C=O) groups excluding carboxylic acids is 1. The van der Waals surface area contributed by atoms with E-state index < -0.39 is 0 Å². The van der Waals surface area contributed by atoms with Gasteiger partial charge in [0.05, 0.1) is 5.69 Å². The molecule has 0 fully saturated rings. The van der Waals surface area contributed by atoms with E-state index in [-0.39, 0.29) is 5.91 Å². The van der Waals surface area contributed by atoms with Crippen LogP contribution in [0.5, 0.6) is 5.75 Å². The highest BCUT2D eigenvalue weighted by Crippen LogP contribution is 2.23. The maximum Gasteiger partial charge on any atom is 0.251 e. The summed E-state index contributed by atoms with van der Waals surface area (Å²) in [7, 11) is 0. The van der Waals surface area contributed by atoms with Gasteiger partial charge >= 0.3 is 0 Å². The third kappa shape index (κ3) is 3.51. The number of nitrogens with one attached hydrogen (secondary N) is 1. The van der Waals surface area contributed by atoms with Crippen molar-refractivity contribution in [3.05, 3.63) is 59.7 Å². The summed E-state index contributed by atoms with van der Waals surface area (Å²) >= 11 is 0. The van der Waals surface area contributed by atoms with E-state index in [2.05, 4.69) is 5.32 Å². The number of carbonyl (C=O) groups is 1. The molecule has 0 aliphatic heterocycles. The molecule has 0 aliphatic rings. The molecule has 0 heterocycles. The normalized spacial score (nSPS) is 10.1. The molecule has 104 valence electrons. The van der Waals surface area contributed by atoms with Gasteiger partial charge in [-0.05, 0) is 30.7 Å². The molecule has 2 aromatic rings. The van der Waals surface area contributed by atoms with Crippen molar-refractivity contribution in [2.45, 2.75) is 13.5 Å². The van der Waals surface area contributed by atoms with Gasteiger partial charge in [0.2, 0.25) is 0 Å². The molecule has 1 amide bonds. The standard InChI is InChI=1S/C16H18N2O2/c1-2-18-16(19)13-8-9-14(17)15(10-13)20-11-12-6-4-3-5-7-12/h3-10H,2,11,17H2,1H3,(H,18,19). The zero-order valence-electron chi connectivity index (χ0n) is 11.4. The van der Waals surface area contributed by atoms with Crippen LogP contribution < -0.4 is 15.8 Å². The number of nitrogens with two attached hydrogens (primary N) is 1. The summed E-state index contributed by atoms with van der Waals surface area (Å²) in [6.45, 7) is 2.88. The van der Waals surface area contributed by atoms with E-state index in [0.717, 1.165) is 5.56 Å². The number of amides is 1. The summed E-state index contributed by atoms with van der Waals surface area (Å²) in [5.41, 5.74) is 7.99. The molecule has 0 atom stereocenters. The summed E-state index contributed by atoms with van der Waals surface area (Å²) in [5.74, 6) is 0.398. The van der Waals surface area contributed by atoms with Crippen molar-refractivity contribution in [2.75, 3.05) is 12.3 Å². The van der Waals surface area contributed by atoms with E-state index in [1.54, 1.807) is 18.2 Å². The van der Waals surface area contributed by atoms with Gasteiger partial charge in [-0.15, -0.1) is 0 Å². The molecule has 20 heavy (non-hydrogen) atoms. The molecule has 0 spiro atoms. The second kappa shape index (κ2) is 6.61. The van der Waals surface area contributed by atoms with Crippen molar-refractivity contribution < 1.29 is 9.53 Å². The zero-order chi connectivity index (χ0) is 14.4. The predicted octanol–water partition coefficient (Wildman–Crippen LogP) is 2.60. The average Bonchev–Trinajstić information content (AvgIpc) is 2.47. The van der Waals surface area contributed by atoms with Crippen LogP contribution in [0, 0.1) is 0 Å². The van der Waals surface area contributed by atoms with Gasteiger partial charge in [-0.2, -0.15) is 0 Å². The molecule has 0 saturated carbocycles. The zero-order valence-corrected chi connectivity index (χ0v) is 11.4. The summed E-state index contributed by atoms with van der Waals surface area (Å²) < 4.78 is 5.69. The highest BCUT2D eigenvalue weighted by molar-refractivity contribution is 5.95. The van der Waals surface area contributed by atoms with Crippen molar-refractivity contribution in [1.82, 2.24) is 5.32 Å². The fraction of sp³-hybridized carbons (Fsp3) is 0.188. The van der Waals surface area contributed by atoms with Crippen LogP contribution in [-0.2, 0) is 6.61 Å². The van der Waals surface area contributed by atoms with Gasteiger partial charge in [-0.1, -0.05) is 30.3 Å². The Bertz CT molecular complexity index is 582. The van der Waals surface area contributed by atoms with E-state index in [9.17, 15) is 4.79 Å². The van der Waals surface area contributed by atoms with Gasteiger partial charge in [0.25, 0.3) is 5.91 Å². The van der Waals surface area contributed by atoms with Crippen molar-refractivity contribution in [2.24, 2.45) is 0 Å². The number of hydrogen-bond acceptors (Lipinski definition) is 3. The summed E-state index contributed by atoms with van der Waals surface area (Å²) in [5, 5.41) is 2.75. The Morgan fingerprint density at radius 2 is 1.95 bits per heavy atom. The highest BCUT2D eigenvalue weighted by atomic mass is 16.5. The van der Waals surface area contributed by atoms with Crippen molar-refractivity contribution >= 4 is 11.6 Å². The van der Waals surface area contributed by atoms with Crippen molar-refractivity contribution in [1.29, 1.82) is 0 Å². The summed E-state index contributed by atoms with van der Waals surface area (Å²) in [6.07, 6.45) is 0. The quantitative estimate of drug-likeness (QED) is 0.821. The van der Waals surface area contributed by atoms with E-state index in [0.29, 0.717) is 30.2 Å². The first-order valence-corrected chi connectivity index (χ1v) is 6.55. The third-order valence-corrected chi connectivity index (χ3v) is 2.85. The fourth-order valence-corrected chi connectivity index (χ4v) is 1.80. The first-order chi connectivity index (χ1) is 9.70. The topological polar surface area (TPSA) is 64.4 Å². The van der Waals surface area contributed by atoms with Crippen molar-refractivity contribution in [3.63, 3.8) is 0 Å². The Hall–Kier alpha value is -2.49. The minimum Gasteiger partial charge on any atom is -0.487 e. The van der Waals surface area contributed by atoms with Crippen LogP contribution >= 0.6 is 0 Å². The molecule has 0 unspecified atom stereocenters. The molecule has 4 heteroatoms. The SMILES string of the molecule is CCNC(=O)c1ccc(N)c(OCc2ccccc2)c1. The lowest BCUT2D eigenvalue weighted by molar-refractivity contribution is 0.0955. The van der Waals surface area contributed by atoms with E-state index in [1.807, 2.05) is 37.3 Å². The largest absolute Gasteiger partial charge is 0.487 e. The second-order valence-corrected chi connectivity index (χ2v) is 4.39. The smallest absolute Gasteiger partial charge is 0.251 e. The second-order valence-electron chi connectivity index (χ2n) is 4.39. The molecule has 0 aromatic heterocycles. The third-order valence-electron chi connectivity index (χ3n) is 2.85. The molecular formula is C16H18N2O2. The van der Waals surface area contributed by atoms with Gasteiger partial charge < -0.3 is 15.8 Å². The maximum absolute atomic E-state index is 11.8. The van der Waals surface area contributed by atoms with Gasteiger partial charge in [-0.3, -0.25) is 4.79 Å². The minimum atomic E-state index is -0.128. The van der Waals surface area contributed by atoms with Crippen molar-refractivity contribution in [3.8, 4) is 5.75 Å². The molecule has 0 saturated heterocycles. The molecule has 0 bridgehead atoms. The Balaban J connectivity index is 2.10. The first-order valence-electron chi connectivity index (χ1n) is 6.55. The number of hydrogen-bond donors (Lipinski definition) is 2. The molecular weight excluding hydrogens is 252 g/mol. The highest BCUT2D eigenvalue weighted by Gasteiger charge is 2.08. The Labute approximate surface area is 118 Å². The van der Waals surface area contributed by atoms with Crippen LogP contribution in [0.3, 0.4) is 0 Å². The van der Waals surface area contributed by atoms with Gasteiger partial charge in [-0.25, -0.2) is 0 Å². The van der Waals surface area contributed by atoms with Gasteiger partial charge in [0.1, 0.15) is 12.4 Å². The van der Waals surface area contributed by atoms with E-state index in [1.165, 1.54) is 0 Å².